The topological polar surface area (TPSA) is 84.8 Å². The fraction of sp³-hybridized carbons (Fsp3) is 0.172. The molecule has 6 aromatic rings. The highest BCUT2D eigenvalue weighted by Gasteiger charge is 2.25. The SMILES string of the molecule is COc1cc(F)c(-c2c(C)nn(C)c2-n2cnc3cc(OCc4cn(Cc5ccccc5)nn4)ccc32)c(F)c1. The van der Waals surface area contributed by atoms with E-state index >= 15 is 8.78 Å². The Balaban J connectivity index is 1.26. The zero-order chi connectivity index (χ0) is 27.8. The summed E-state index contributed by atoms with van der Waals surface area (Å²) in [5.41, 5.74) is 3.82. The number of nitrogens with zero attached hydrogens (tertiary/aromatic N) is 7. The first-order chi connectivity index (χ1) is 19.4. The van der Waals surface area contributed by atoms with Gasteiger partial charge in [0.15, 0.2) is 0 Å². The molecule has 0 spiro atoms. The molecular formula is C29H25F2N7O2. The van der Waals surface area contributed by atoms with Crippen molar-refractivity contribution in [1.82, 2.24) is 34.3 Å². The van der Waals surface area contributed by atoms with Crippen LogP contribution in [0.3, 0.4) is 0 Å². The molecule has 0 radical (unpaired) electrons. The highest BCUT2D eigenvalue weighted by atomic mass is 19.1. The van der Waals surface area contributed by atoms with Gasteiger partial charge in [-0.1, -0.05) is 35.5 Å². The number of methoxy groups -OCH3 is 1. The third kappa shape index (κ3) is 4.66. The third-order valence-corrected chi connectivity index (χ3v) is 6.60. The first-order valence-electron chi connectivity index (χ1n) is 12.5. The van der Waals surface area contributed by atoms with E-state index in [0.717, 1.165) is 23.2 Å². The number of ether oxygens (including phenoxy) is 2. The molecule has 0 fully saturated rings. The molecule has 0 N–H and O–H groups in total. The van der Waals surface area contributed by atoms with Crippen molar-refractivity contribution in [3.8, 4) is 28.4 Å². The van der Waals surface area contributed by atoms with Gasteiger partial charge < -0.3 is 9.47 Å². The zero-order valence-electron chi connectivity index (χ0n) is 22.0. The van der Waals surface area contributed by atoms with Crippen molar-refractivity contribution in [1.29, 1.82) is 0 Å². The van der Waals surface area contributed by atoms with Gasteiger partial charge in [0, 0.05) is 25.2 Å². The smallest absolute Gasteiger partial charge is 0.144 e. The number of rotatable bonds is 8. The van der Waals surface area contributed by atoms with Gasteiger partial charge in [-0.05, 0) is 24.6 Å². The molecule has 0 bridgehead atoms. The van der Waals surface area contributed by atoms with Crippen molar-refractivity contribution in [3.05, 3.63) is 102 Å². The summed E-state index contributed by atoms with van der Waals surface area (Å²) in [7, 11) is 3.08. The number of aromatic nitrogens is 7. The van der Waals surface area contributed by atoms with Crippen LogP contribution in [-0.4, -0.2) is 41.4 Å². The highest BCUT2D eigenvalue weighted by Crippen LogP contribution is 2.37. The standard InChI is InChI=1S/C29H25F2N7O2/c1-18-27(28-23(30)11-22(39-3)12-24(28)31)29(36(2)34-18)38-17-32-25-13-21(9-10-26(25)38)40-16-20-15-37(35-33-20)14-19-7-5-4-6-8-19/h4-13,15,17H,14,16H2,1-3H3. The maximum atomic E-state index is 15.1. The molecule has 40 heavy (non-hydrogen) atoms. The average molecular weight is 542 g/mol. The molecule has 3 heterocycles. The van der Waals surface area contributed by atoms with Crippen molar-refractivity contribution >= 4 is 11.0 Å². The van der Waals surface area contributed by atoms with E-state index in [-0.39, 0.29) is 17.9 Å². The van der Waals surface area contributed by atoms with Crippen molar-refractivity contribution in [2.24, 2.45) is 7.05 Å². The van der Waals surface area contributed by atoms with Gasteiger partial charge in [-0.2, -0.15) is 5.10 Å². The molecule has 6 rings (SSSR count). The van der Waals surface area contributed by atoms with E-state index in [9.17, 15) is 0 Å². The predicted octanol–water partition coefficient (Wildman–Crippen LogP) is 5.24. The summed E-state index contributed by atoms with van der Waals surface area (Å²) < 4.78 is 46.2. The van der Waals surface area contributed by atoms with E-state index in [0.29, 0.717) is 40.6 Å². The Morgan fingerprint density at radius 2 is 1.70 bits per heavy atom. The summed E-state index contributed by atoms with van der Waals surface area (Å²) in [5, 5.41) is 12.8. The third-order valence-electron chi connectivity index (χ3n) is 6.60. The molecule has 0 saturated carbocycles. The van der Waals surface area contributed by atoms with Crippen LogP contribution >= 0.6 is 0 Å². The van der Waals surface area contributed by atoms with Crippen molar-refractivity contribution in [2.45, 2.75) is 20.1 Å². The Morgan fingerprint density at radius 3 is 2.45 bits per heavy atom. The zero-order valence-corrected chi connectivity index (χ0v) is 22.0. The van der Waals surface area contributed by atoms with Crippen molar-refractivity contribution < 1.29 is 18.3 Å². The van der Waals surface area contributed by atoms with Gasteiger partial charge in [0.05, 0.1) is 47.7 Å². The molecule has 202 valence electrons. The molecular weight excluding hydrogens is 516 g/mol. The Kier molecular flexibility index (Phi) is 6.47. The molecule has 9 nitrogen and oxygen atoms in total. The summed E-state index contributed by atoms with van der Waals surface area (Å²) in [4.78, 5) is 4.52. The Labute approximate surface area is 228 Å². The lowest BCUT2D eigenvalue weighted by Gasteiger charge is -2.12. The Hall–Kier alpha value is -5.06. The average Bonchev–Trinajstić information content (AvgIpc) is 3.64. The lowest BCUT2D eigenvalue weighted by Crippen LogP contribution is -2.04. The summed E-state index contributed by atoms with van der Waals surface area (Å²) >= 11 is 0. The van der Waals surface area contributed by atoms with E-state index in [1.165, 1.54) is 7.11 Å². The van der Waals surface area contributed by atoms with Crippen LogP contribution in [-0.2, 0) is 20.2 Å². The fourth-order valence-electron chi connectivity index (χ4n) is 4.78. The minimum Gasteiger partial charge on any atom is -0.497 e. The van der Waals surface area contributed by atoms with Gasteiger partial charge >= 0.3 is 0 Å². The molecule has 0 aliphatic heterocycles. The fourth-order valence-corrected chi connectivity index (χ4v) is 4.78. The number of hydrogen-bond acceptors (Lipinski definition) is 6. The second-order valence-corrected chi connectivity index (χ2v) is 9.32. The summed E-state index contributed by atoms with van der Waals surface area (Å²) in [6.07, 6.45) is 3.45. The quantitative estimate of drug-likeness (QED) is 0.262. The van der Waals surface area contributed by atoms with Crippen LogP contribution in [0.4, 0.5) is 8.78 Å². The molecule has 0 amide bonds. The van der Waals surface area contributed by atoms with Crippen LogP contribution in [0.5, 0.6) is 11.5 Å². The van der Waals surface area contributed by atoms with Gasteiger partial charge in [-0.25, -0.2) is 18.4 Å². The number of hydrogen-bond donors (Lipinski definition) is 0. The number of benzene rings is 3. The van der Waals surface area contributed by atoms with Crippen molar-refractivity contribution in [3.63, 3.8) is 0 Å². The minimum atomic E-state index is -0.741. The second kappa shape index (κ2) is 10.3. The van der Waals surface area contributed by atoms with Crippen LogP contribution in [0.1, 0.15) is 17.0 Å². The van der Waals surface area contributed by atoms with Gasteiger partial charge in [0.1, 0.15) is 47.6 Å². The van der Waals surface area contributed by atoms with Crippen molar-refractivity contribution in [2.75, 3.05) is 7.11 Å². The summed E-state index contributed by atoms with van der Waals surface area (Å²) in [6, 6.07) is 17.8. The number of imidazole rings is 1. The van der Waals surface area contributed by atoms with E-state index in [1.807, 2.05) is 48.7 Å². The Morgan fingerprint density at radius 1 is 0.925 bits per heavy atom. The monoisotopic (exact) mass is 541 g/mol. The van der Waals surface area contributed by atoms with E-state index < -0.39 is 11.6 Å². The van der Waals surface area contributed by atoms with Gasteiger partial charge in [-0.15, -0.1) is 5.10 Å². The summed E-state index contributed by atoms with van der Waals surface area (Å²) in [5.74, 6) is -0.304. The maximum Gasteiger partial charge on any atom is 0.144 e. The highest BCUT2D eigenvalue weighted by molar-refractivity contribution is 5.83. The van der Waals surface area contributed by atoms with Crippen LogP contribution in [0.2, 0.25) is 0 Å². The number of fused-ring (bicyclic) bond motifs is 1. The van der Waals surface area contributed by atoms with Gasteiger partial charge in [-0.3, -0.25) is 9.25 Å². The van der Waals surface area contributed by atoms with Crippen LogP contribution < -0.4 is 9.47 Å². The predicted molar refractivity (Wildman–Crippen MR) is 144 cm³/mol. The lowest BCUT2D eigenvalue weighted by molar-refractivity contribution is 0.301. The van der Waals surface area contributed by atoms with E-state index in [2.05, 4.69) is 20.4 Å². The largest absolute Gasteiger partial charge is 0.497 e. The van der Waals surface area contributed by atoms with E-state index in [1.54, 1.807) is 40.3 Å². The van der Waals surface area contributed by atoms with Gasteiger partial charge in [0.2, 0.25) is 0 Å². The Bertz CT molecular complexity index is 1800. The summed E-state index contributed by atoms with van der Waals surface area (Å²) in [6.45, 7) is 2.57. The molecule has 0 atom stereocenters. The molecule has 0 aliphatic carbocycles. The van der Waals surface area contributed by atoms with E-state index in [4.69, 9.17) is 9.47 Å². The molecule has 0 saturated heterocycles. The molecule has 11 heteroatoms. The number of aryl methyl sites for hydroxylation is 2. The maximum absolute atomic E-state index is 15.1. The molecule has 0 aliphatic rings. The molecule has 3 aromatic heterocycles. The first kappa shape index (κ1) is 25.2. The van der Waals surface area contributed by atoms with Crippen LogP contribution in [0.15, 0.2) is 73.2 Å². The van der Waals surface area contributed by atoms with Crippen LogP contribution in [0, 0.1) is 18.6 Å². The second-order valence-electron chi connectivity index (χ2n) is 9.32. The lowest BCUT2D eigenvalue weighted by atomic mass is 10.0. The van der Waals surface area contributed by atoms with Crippen LogP contribution in [0.25, 0.3) is 28.0 Å². The van der Waals surface area contributed by atoms with Gasteiger partial charge in [0.25, 0.3) is 0 Å². The normalized spacial score (nSPS) is 11.3. The molecule has 0 unspecified atom stereocenters. The minimum absolute atomic E-state index is 0.0983. The number of halogens is 2. The molecule has 3 aromatic carbocycles. The first-order valence-corrected chi connectivity index (χ1v) is 12.5.